The number of carbonyl (C=O) groups is 1. The number of benzene rings is 1. The van der Waals surface area contributed by atoms with Crippen molar-refractivity contribution in [2.75, 3.05) is 5.33 Å². The first kappa shape index (κ1) is 10.9. The molecule has 0 saturated heterocycles. The predicted octanol–water partition coefficient (Wildman–Crippen LogP) is 2.37. The summed E-state index contributed by atoms with van der Waals surface area (Å²) in [5.41, 5.74) is 2.49. The van der Waals surface area contributed by atoms with E-state index >= 15 is 0 Å². The maximum Gasteiger partial charge on any atom is 0.147 e. The van der Waals surface area contributed by atoms with Crippen LogP contribution in [-0.4, -0.2) is 11.1 Å². The molecule has 1 rings (SSSR count). The average molecular weight is 252 g/mol. The van der Waals surface area contributed by atoms with Gasteiger partial charge in [-0.15, -0.1) is 0 Å². The highest BCUT2D eigenvalue weighted by Gasteiger charge is 2.06. The van der Waals surface area contributed by atoms with Crippen molar-refractivity contribution in [1.29, 1.82) is 5.26 Å². The second kappa shape index (κ2) is 4.92. The van der Waals surface area contributed by atoms with Gasteiger partial charge >= 0.3 is 0 Å². The molecule has 14 heavy (non-hydrogen) atoms. The fourth-order valence-corrected chi connectivity index (χ4v) is 1.45. The van der Waals surface area contributed by atoms with E-state index in [4.69, 9.17) is 5.26 Å². The molecule has 0 N–H and O–H groups in total. The van der Waals surface area contributed by atoms with Gasteiger partial charge in [0.25, 0.3) is 0 Å². The number of alkyl halides is 1. The van der Waals surface area contributed by atoms with Crippen LogP contribution in [0.15, 0.2) is 18.2 Å². The molecule has 0 atom stereocenters. The number of carbonyl (C=O) groups excluding carboxylic acids is 1. The monoisotopic (exact) mass is 251 g/mol. The summed E-state index contributed by atoms with van der Waals surface area (Å²) in [6.45, 7) is 1.87. The van der Waals surface area contributed by atoms with E-state index in [-0.39, 0.29) is 5.78 Å². The van der Waals surface area contributed by atoms with Gasteiger partial charge in [-0.2, -0.15) is 5.26 Å². The lowest BCUT2D eigenvalue weighted by Gasteiger charge is -2.04. The normalized spacial score (nSPS) is 9.50. The Hall–Kier alpha value is -1.14. The molecule has 1 aromatic rings. The Balaban J connectivity index is 2.99. The molecular weight excluding hydrogens is 242 g/mol. The number of Topliss-reactive ketones (excluding diaryl/α,β-unsaturated/α-hetero) is 1. The van der Waals surface area contributed by atoms with Crippen molar-refractivity contribution in [2.45, 2.75) is 13.3 Å². The summed E-state index contributed by atoms with van der Waals surface area (Å²) in [5, 5.41) is 9.15. The maximum absolute atomic E-state index is 11.2. The Morgan fingerprint density at radius 1 is 1.57 bits per heavy atom. The third kappa shape index (κ3) is 2.43. The first-order valence-electron chi connectivity index (χ1n) is 4.25. The largest absolute Gasteiger partial charge is 0.298 e. The van der Waals surface area contributed by atoms with Crippen LogP contribution in [0.2, 0.25) is 0 Å². The summed E-state index contributed by atoms with van der Waals surface area (Å²) in [7, 11) is 0. The number of halogens is 1. The zero-order chi connectivity index (χ0) is 10.6. The number of ketones is 1. The zero-order valence-corrected chi connectivity index (χ0v) is 9.47. The molecule has 0 fully saturated rings. The third-order valence-electron chi connectivity index (χ3n) is 2.10. The van der Waals surface area contributed by atoms with Gasteiger partial charge in [-0.05, 0) is 24.1 Å². The smallest absolute Gasteiger partial charge is 0.147 e. The number of hydrogen-bond donors (Lipinski definition) is 0. The van der Waals surface area contributed by atoms with E-state index < -0.39 is 0 Å². The van der Waals surface area contributed by atoms with Gasteiger partial charge in [-0.1, -0.05) is 28.1 Å². The highest BCUT2D eigenvalue weighted by Crippen LogP contribution is 2.13. The van der Waals surface area contributed by atoms with E-state index in [0.29, 0.717) is 17.3 Å². The minimum atomic E-state index is 0.128. The van der Waals surface area contributed by atoms with Crippen molar-refractivity contribution in [3.8, 4) is 6.07 Å². The van der Waals surface area contributed by atoms with Crippen LogP contribution >= 0.6 is 15.9 Å². The minimum absolute atomic E-state index is 0.128. The summed E-state index contributed by atoms with van der Waals surface area (Å²) in [6, 6.07) is 7.56. The molecule has 3 heteroatoms. The van der Waals surface area contributed by atoms with E-state index in [2.05, 4.69) is 22.0 Å². The van der Waals surface area contributed by atoms with Crippen LogP contribution < -0.4 is 0 Å². The fraction of sp³-hybridized carbons (Fsp3) is 0.273. The maximum atomic E-state index is 11.2. The standard InChI is InChI=1S/C11H10BrNO/c1-8-9(5-11(14)6-12)3-2-4-10(8)7-13/h2-4H,5-6H2,1H3. The fourth-order valence-electron chi connectivity index (χ4n) is 1.26. The van der Waals surface area contributed by atoms with Crippen LogP contribution in [0.1, 0.15) is 16.7 Å². The first-order chi connectivity index (χ1) is 6.69. The van der Waals surface area contributed by atoms with Gasteiger partial charge in [0.15, 0.2) is 0 Å². The lowest BCUT2D eigenvalue weighted by molar-refractivity contribution is -0.115. The first-order valence-corrected chi connectivity index (χ1v) is 5.37. The van der Waals surface area contributed by atoms with Gasteiger partial charge in [-0.3, -0.25) is 4.79 Å². The number of nitrogens with zero attached hydrogens (tertiary/aromatic N) is 1. The summed E-state index contributed by atoms with van der Waals surface area (Å²) < 4.78 is 0. The van der Waals surface area contributed by atoms with Gasteiger partial charge in [-0.25, -0.2) is 0 Å². The average Bonchev–Trinajstić information content (AvgIpc) is 2.21. The molecule has 0 radical (unpaired) electrons. The summed E-state index contributed by atoms with van der Waals surface area (Å²) in [5.74, 6) is 0.128. The number of nitriles is 1. The quantitative estimate of drug-likeness (QED) is 0.775. The van der Waals surface area contributed by atoms with E-state index in [1.165, 1.54) is 0 Å². The van der Waals surface area contributed by atoms with Crippen LogP contribution in [-0.2, 0) is 11.2 Å². The van der Waals surface area contributed by atoms with E-state index in [0.717, 1.165) is 11.1 Å². The molecule has 0 spiro atoms. The van der Waals surface area contributed by atoms with Crippen molar-refractivity contribution in [1.82, 2.24) is 0 Å². The molecule has 2 nitrogen and oxygen atoms in total. The molecule has 0 saturated carbocycles. The molecule has 0 bridgehead atoms. The topological polar surface area (TPSA) is 40.9 Å². The summed E-state index contributed by atoms with van der Waals surface area (Å²) in [6.07, 6.45) is 0.395. The van der Waals surface area contributed by atoms with Crippen LogP contribution in [0, 0.1) is 18.3 Å². The SMILES string of the molecule is Cc1c(C#N)cccc1CC(=O)CBr. The molecule has 0 aliphatic rings. The van der Waals surface area contributed by atoms with Crippen molar-refractivity contribution in [2.24, 2.45) is 0 Å². The van der Waals surface area contributed by atoms with Gasteiger partial charge in [0.05, 0.1) is 17.0 Å². The molecule has 0 amide bonds. The molecule has 0 heterocycles. The lowest BCUT2D eigenvalue weighted by Crippen LogP contribution is -2.05. The zero-order valence-electron chi connectivity index (χ0n) is 7.88. The molecule has 72 valence electrons. The lowest BCUT2D eigenvalue weighted by atomic mass is 9.99. The van der Waals surface area contributed by atoms with Gasteiger partial charge in [0, 0.05) is 6.42 Å². The van der Waals surface area contributed by atoms with Crippen LogP contribution in [0.25, 0.3) is 0 Å². The summed E-state index contributed by atoms with van der Waals surface area (Å²) >= 11 is 3.12. The Morgan fingerprint density at radius 3 is 2.86 bits per heavy atom. The van der Waals surface area contributed by atoms with Crippen molar-refractivity contribution in [3.05, 3.63) is 34.9 Å². The number of hydrogen-bond acceptors (Lipinski definition) is 2. The Kier molecular flexibility index (Phi) is 3.84. The summed E-state index contributed by atoms with van der Waals surface area (Å²) in [4.78, 5) is 11.2. The van der Waals surface area contributed by atoms with Crippen LogP contribution in [0.4, 0.5) is 0 Å². The number of rotatable bonds is 3. The van der Waals surface area contributed by atoms with Crippen molar-refractivity contribution >= 4 is 21.7 Å². The van der Waals surface area contributed by atoms with Crippen LogP contribution in [0.3, 0.4) is 0 Å². The van der Waals surface area contributed by atoms with Gasteiger partial charge in [0.2, 0.25) is 0 Å². The second-order valence-electron chi connectivity index (χ2n) is 3.05. The Morgan fingerprint density at radius 2 is 2.29 bits per heavy atom. The molecule has 0 aliphatic heterocycles. The highest BCUT2D eigenvalue weighted by molar-refractivity contribution is 9.09. The van der Waals surface area contributed by atoms with E-state index in [9.17, 15) is 4.79 Å². The molecule has 0 unspecified atom stereocenters. The van der Waals surface area contributed by atoms with Gasteiger partial charge in [0.1, 0.15) is 5.78 Å². The molecule has 0 aromatic heterocycles. The second-order valence-corrected chi connectivity index (χ2v) is 3.61. The van der Waals surface area contributed by atoms with E-state index in [1.807, 2.05) is 19.1 Å². The molecular formula is C11H10BrNO. The van der Waals surface area contributed by atoms with E-state index in [1.54, 1.807) is 6.07 Å². The predicted molar refractivity (Wildman–Crippen MR) is 58.4 cm³/mol. The van der Waals surface area contributed by atoms with Crippen molar-refractivity contribution in [3.63, 3.8) is 0 Å². The Bertz CT molecular complexity index is 393. The molecule has 1 aromatic carbocycles. The minimum Gasteiger partial charge on any atom is -0.298 e. The van der Waals surface area contributed by atoms with Gasteiger partial charge < -0.3 is 0 Å². The molecule has 0 aliphatic carbocycles. The highest BCUT2D eigenvalue weighted by atomic mass is 79.9. The van der Waals surface area contributed by atoms with Crippen LogP contribution in [0.5, 0.6) is 0 Å². The van der Waals surface area contributed by atoms with Crippen molar-refractivity contribution < 1.29 is 4.79 Å². The third-order valence-corrected chi connectivity index (χ3v) is 2.73. The Labute approximate surface area is 91.7 Å².